The lowest BCUT2D eigenvalue weighted by Gasteiger charge is -2.21. The summed E-state index contributed by atoms with van der Waals surface area (Å²) in [5.74, 6) is 0.973. The molecule has 0 radical (unpaired) electrons. The fourth-order valence-electron chi connectivity index (χ4n) is 3.00. The van der Waals surface area contributed by atoms with Crippen molar-refractivity contribution in [2.45, 2.75) is 38.2 Å². The second-order valence-electron chi connectivity index (χ2n) is 5.34. The number of hydrogen-bond donors (Lipinski definition) is 1. The van der Waals surface area contributed by atoms with Crippen molar-refractivity contribution in [1.82, 2.24) is 0 Å². The molecule has 1 aromatic rings. The molecule has 2 aliphatic rings. The third-order valence-corrected chi connectivity index (χ3v) is 3.99. The number of fused-ring (bicyclic) bond motifs is 3. The van der Waals surface area contributed by atoms with Crippen molar-refractivity contribution >= 4 is 11.6 Å². The van der Waals surface area contributed by atoms with E-state index in [4.69, 9.17) is 16.3 Å². The van der Waals surface area contributed by atoms with Crippen molar-refractivity contribution < 1.29 is 9.84 Å². The molecule has 0 spiro atoms. The van der Waals surface area contributed by atoms with Gasteiger partial charge in [-0.2, -0.15) is 0 Å². The highest BCUT2D eigenvalue weighted by Crippen LogP contribution is 2.53. The lowest BCUT2D eigenvalue weighted by atomic mass is 9.85. The second-order valence-corrected chi connectivity index (χ2v) is 5.74. The van der Waals surface area contributed by atoms with Crippen LogP contribution in [0, 0.1) is 0 Å². The first kappa shape index (κ1) is 10.4. The molecule has 2 nitrogen and oxygen atoms in total. The van der Waals surface area contributed by atoms with E-state index in [9.17, 15) is 5.11 Å². The zero-order valence-electron chi connectivity index (χ0n) is 9.51. The summed E-state index contributed by atoms with van der Waals surface area (Å²) in [6.45, 7) is 5.01. The van der Waals surface area contributed by atoms with Gasteiger partial charge in [0.05, 0.1) is 12.7 Å². The van der Waals surface area contributed by atoms with Crippen LogP contribution in [0.2, 0.25) is 5.02 Å². The third-order valence-electron chi connectivity index (χ3n) is 3.68. The number of rotatable bonds is 0. The molecule has 0 fully saturated rings. The molecule has 1 aliphatic heterocycles. The van der Waals surface area contributed by atoms with Crippen LogP contribution in [0.3, 0.4) is 0 Å². The smallest absolute Gasteiger partial charge is 0.126 e. The van der Waals surface area contributed by atoms with E-state index in [2.05, 4.69) is 13.8 Å². The number of aliphatic hydroxyl groups is 1. The van der Waals surface area contributed by atoms with E-state index in [1.165, 1.54) is 5.56 Å². The van der Waals surface area contributed by atoms with Crippen LogP contribution in [0.1, 0.15) is 43.1 Å². The Morgan fingerprint density at radius 3 is 3.00 bits per heavy atom. The van der Waals surface area contributed by atoms with Gasteiger partial charge < -0.3 is 9.84 Å². The highest BCUT2D eigenvalue weighted by atomic mass is 35.5. The van der Waals surface area contributed by atoms with Crippen LogP contribution >= 0.6 is 11.6 Å². The second kappa shape index (κ2) is 3.14. The van der Waals surface area contributed by atoms with E-state index in [1.807, 2.05) is 6.07 Å². The molecule has 0 aromatic heterocycles. The average molecular weight is 239 g/mol. The Balaban J connectivity index is 2.33. The van der Waals surface area contributed by atoms with E-state index in [1.54, 1.807) is 0 Å². The van der Waals surface area contributed by atoms with Crippen molar-refractivity contribution in [2.75, 3.05) is 6.61 Å². The molecular formula is C13H15ClO2. The van der Waals surface area contributed by atoms with Crippen LogP contribution in [0.25, 0.3) is 0 Å². The number of halogens is 1. The van der Waals surface area contributed by atoms with E-state index < -0.39 is 6.10 Å². The highest BCUT2D eigenvalue weighted by Gasteiger charge is 2.42. The first-order valence-corrected chi connectivity index (χ1v) is 6.05. The van der Waals surface area contributed by atoms with Gasteiger partial charge in [0.15, 0.2) is 0 Å². The maximum absolute atomic E-state index is 10.1. The third kappa shape index (κ3) is 1.23. The van der Waals surface area contributed by atoms with Crippen LogP contribution < -0.4 is 4.74 Å². The van der Waals surface area contributed by atoms with Gasteiger partial charge in [-0.3, -0.25) is 0 Å². The standard InChI is InChI=1S/C13H15ClO2/c1-13(2)6-9(15)10-8(14)5-7-3-4-16-12(7)11(10)13/h5,9,15H,3-4,6H2,1-2H3/t9-/m1/s1. The van der Waals surface area contributed by atoms with Crippen LogP contribution in [0.5, 0.6) is 5.75 Å². The largest absolute Gasteiger partial charge is 0.493 e. The van der Waals surface area contributed by atoms with Crippen molar-refractivity contribution in [2.24, 2.45) is 0 Å². The van der Waals surface area contributed by atoms with Gasteiger partial charge in [-0.05, 0) is 23.5 Å². The maximum Gasteiger partial charge on any atom is 0.126 e. The fourth-order valence-corrected chi connectivity index (χ4v) is 3.35. The monoisotopic (exact) mass is 238 g/mol. The van der Waals surface area contributed by atoms with Gasteiger partial charge in [0.25, 0.3) is 0 Å². The highest BCUT2D eigenvalue weighted by molar-refractivity contribution is 6.31. The molecule has 1 aliphatic carbocycles. The van der Waals surface area contributed by atoms with Crippen molar-refractivity contribution in [3.05, 3.63) is 27.8 Å². The Morgan fingerprint density at radius 2 is 2.25 bits per heavy atom. The van der Waals surface area contributed by atoms with Gasteiger partial charge >= 0.3 is 0 Å². The van der Waals surface area contributed by atoms with Crippen molar-refractivity contribution in [3.8, 4) is 5.75 Å². The fraction of sp³-hybridized carbons (Fsp3) is 0.538. The van der Waals surface area contributed by atoms with Crippen LogP contribution in [0.15, 0.2) is 6.07 Å². The van der Waals surface area contributed by atoms with Gasteiger partial charge in [-0.25, -0.2) is 0 Å². The first-order valence-electron chi connectivity index (χ1n) is 5.67. The van der Waals surface area contributed by atoms with Gasteiger partial charge in [0.2, 0.25) is 0 Å². The molecule has 3 rings (SSSR count). The predicted molar refractivity (Wildman–Crippen MR) is 63.3 cm³/mol. The molecule has 0 amide bonds. The molecule has 0 saturated carbocycles. The van der Waals surface area contributed by atoms with E-state index in [0.717, 1.165) is 36.3 Å². The Kier molecular flexibility index (Phi) is 2.05. The molecule has 0 unspecified atom stereocenters. The summed E-state index contributed by atoms with van der Waals surface area (Å²) in [6, 6.07) is 1.95. The zero-order valence-corrected chi connectivity index (χ0v) is 10.3. The number of ether oxygens (including phenoxy) is 1. The van der Waals surface area contributed by atoms with Gasteiger partial charge in [0, 0.05) is 22.6 Å². The quantitative estimate of drug-likeness (QED) is 0.753. The molecule has 16 heavy (non-hydrogen) atoms. The molecule has 1 aromatic carbocycles. The molecule has 3 heteroatoms. The van der Waals surface area contributed by atoms with Crippen molar-refractivity contribution in [3.63, 3.8) is 0 Å². The lowest BCUT2D eigenvalue weighted by Crippen LogP contribution is -2.13. The Bertz CT molecular complexity index is 465. The predicted octanol–water partition coefficient (Wildman–Crippen LogP) is 2.99. The van der Waals surface area contributed by atoms with Crippen LogP contribution in [0.4, 0.5) is 0 Å². The molecule has 0 bridgehead atoms. The molecule has 1 N–H and O–H groups in total. The molecule has 1 heterocycles. The Hall–Kier alpha value is -0.730. The minimum absolute atomic E-state index is 0.0475. The lowest BCUT2D eigenvalue weighted by molar-refractivity contribution is 0.161. The summed E-state index contributed by atoms with van der Waals surface area (Å²) < 4.78 is 5.71. The van der Waals surface area contributed by atoms with Gasteiger partial charge in [-0.1, -0.05) is 25.4 Å². The molecule has 86 valence electrons. The molecular weight excluding hydrogens is 224 g/mol. The summed E-state index contributed by atoms with van der Waals surface area (Å²) in [7, 11) is 0. The zero-order chi connectivity index (χ0) is 11.5. The minimum Gasteiger partial charge on any atom is -0.493 e. The van der Waals surface area contributed by atoms with Gasteiger partial charge in [0.1, 0.15) is 5.75 Å². The minimum atomic E-state index is -0.452. The summed E-state index contributed by atoms with van der Waals surface area (Å²) in [4.78, 5) is 0. The Labute approximate surface area is 100 Å². The topological polar surface area (TPSA) is 29.5 Å². The average Bonchev–Trinajstić information content (AvgIpc) is 2.68. The molecule has 1 atom stereocenters. The van der Waals surface area contributed by atoms with E-state index in [0.29, 0.717) is 5.02 Å². The van der Waals surface area contributed by atoms with E-state index in [-0.39, 0.29) is 5.41 Å². The maximum atomic E-state index is 10.1. The number of benzene rings is 1. The Morgan fingerprint density at radius 1 is 1.50 bits per heavy atom. The number of hydrogen-bond acceptors (Lipinski definition) is 2. The van der Waals surface area contributed by atoms with Crippen molar-refractivity contribution in [1.29, 1.82) is 0 Å². The summed E-state index contributed by atoms with van der Waals surface area (Å²) in [5.41, 5.74) is 3.15. The summed E-state index contributed by atoms with van der Waals surface area (Å²) in [6.07, 6.45) is 1.20. The molecule has 0 saturated heterocycles. The first-order chi connectivity index (χ1) is 7.50. The SMILES string of the molecule is CC1(C)C[C@@H](O)c2c(Cl)cc3c(c21)OCC3. The van der Waals surface area contributed by atoms with Crippen LogP contribution in [-0.2, 0) is 11.8 Å². The van der Waals surface area contributed by atoms with Crippen LogP contribution in [-0.4, -0.2) is 11.7 Å². The summed E-state index contributed by atoms with van der Waals surface area (Å²) in [5, 5.41) is 10.8. The van der Waals surface area contributed by atoms with Gasteiger partial charge in [-0.15, -0.1) is 0 Å². The number of aliphatic hydroxyl groups excluding tert-OH is 1. The van der Waals surface area contributed by atoms with E-state index >= 15 is 0 Å². The normalized spacial score (nSPS) is 25.1. The summed E-state index contributed by atoms with van der Waals surface area (Å²) >= 11 is 6.26.